The predicted octanol–water partition coefficient (Wildman–Crippen LogP) is 2.06. The fourth-order valence-electron chi connectivity index (χ4n) is 1.24. The molecule has 1 unspecified atom stereocenters. The maximum Gasteiger partial charge on any atom is 0.234 e. The highest BCUT2D eigenvalue weighted by molar-refractivity contribution is 7.10. The van der Waals surface area contributed by atoms with Crippen LogP contribution in [-0.2, 0) is 11.3 Å². The summed E-state index contributed by atoms with van der Waals surface area (Å²) >= 11 is 1.69. The lowest BCUT2D eigenvalue weighted by atomic mass is 10.2. The summed E-state index contributed by atoms with van der Waals surface area (Å²) in [5, 5.41) is 8.13. The topological polar surface area (TPSA) is 41.1 Å². The SMILES string of the molecule is CCC(C)NCC(=O)NCc1sccc1C. The van der Waals surface area contributed by atoms with Gasteiger partial charge in [-0.15, -0.1) is 11.3 Å². The highest BCUT2D eigenvalue weighted by atomic mass is 32.1. The Balaban J connectivity index is 2.23. The fraction of sp³-hybridized carbons (Fsp3) is 0.583. The molecule has 90 valence electrons. The molecule has 0 aliphatic carbocycles. The molecule has 1 aromatic rings. The van der Waals surface area contributed by atoms with E-state index in [4.69, 9.17) is 0 Å². The lowest BCUT2D eigenvalue weighted by molar-refractivity contribution is -0.120. The summed E-state index contributed by atoms with van der Waals surface area (Å²) in [4.78, 5) is 12.7. The fourth-order valence-corrected chi connectivity index (χ4v) is 2.08. The van der Waals surface area contributed by atoms with Gasteiger partial charge >= 0.3 is 0 Å². The van der Waals surface area contributed by atoms with Crippen molar-refractivity contribution in [2.24, 2.45) is 0 Å². The van der Waals surface area contributed by atoms with Crippen molar-refractivity contribution in [3.8, 4) is 0 Å². The molecule has 1 heterocycles. The highest BCUT2D eigenvalue weighted by Gasteiger charge is 2.05. The Morgan fingerprint density at radius 1 is 1.56 bits per heavy atom. The van der Waals surface area contributed by atoms with Crippen LogP contribution in [0.3, 0.4) is 0 Å². The van der Waals surface area contributed by atoms with Crippen LogP contribution in [0.25, 0.3) is 0 Å². The van der Waals surface area contributed by atoms with Crippen molar-refractivity contribution in [3.63, 3.8) is 0 Å². The van der Waals surface area contributed by atoms with Gasteiger partial charge in [-0.25, -0.2) is 0 Å². The zero-order valence-corrected chi connectivity index (χ0v) is 11.0. The lowest BCUT2D eigenvalue weighted by Gasteiger charge is -2.11. The second-order valence-electron chi connectivity index (χ2n) is 3.99. The molecule has 0 spiro atoms. The van der Waals surface area contributed by atoms with Crippen LogP contribution in [0, 0.1) is 6.92 Å². The van der Waals surface area contributed by atoms with Crippen LogP contribution in [0.2, 0.25) is 0 Å². The summed E-state index contributed by atoms with van der Waals surface area (Å²) in [7, 11) is 0. The maximum absolute atomic E-state index is 11.5. The van der Waals surface area contributed by atoms with Gasteiger partial charge in [0, 0.05) is 10.9 Å². The van der Waals surface area contributed by atoms with E-state index in [2.05, 4.69) is 37.5 Å². The Morgan fingerprint density at radius 2 is 2.31 bits per heavy atom. The quantitative estimate of drug-likeness (QED) is 0.799. The summed E-state index contributed by atoms with van der Waals surface area (Å²) < 4.78 is 0. The predicted molar refractivity (Wildman–Crippen MR) is 68.7 cm³/mol. The first-order valence-electron chi connectivity index (χ1n) is 5.66. The van der Waals surface area contributed by atoms with Gasteiger partial charge in [0.05, 0.1) is 13.1 Å². The Labute approximate surface area is 101 Å². The number of rotatable bonds is 6. The zero-order chi connectivity index (χ0) is 12.0. The van der Waals surface area contributed by atoms with E-state index in [-0.39, 0.29) is 5.91 Å². The molecule has 1 atom stereocenters. The summed E-state index contributed by atoms with van der Waals surface area (Å²) in [5.41, 5.74) is 1.25. The zero-order valence-electron chi connectivity index (χ0n) is 10.2. The Morgan fingerprint density at radius 3 is 2.88 bits per heavy atom. The molecule has 0 saturated carbocycles. The van der Waals surface area contributed by atoms with Crippen LogP contribution < -0.4 is 10.6 Å². The van der Waals surface area contributed by atoms with Gasteiger partial charge < -0.3 is 10.6 Å². The normalized spacial score (nSPS) is 12.4. The first kappa shape index (κ1) is 13.2. The van der Waals surface area contributed by atoms with Crippen molar-refractivity contribution < 1.29 is 4.79 Å². The average molecular weight is 240 g/mol. The van der Waals surface area contributed by atoms with E-state index in [9.17, 15) is 4.79 Å². The largest absolute Gasteiger partial charge is 0.350 e. The molecule has 0 radical (unpaired) electrons. The van der Waals surface area contributed by atoms with E-state index < -0.39 is 0 Å². The molecule has 1 aromatic heterocycles. The van der Waals surface area contributed by atoms with Gasteiger partial charge in [-0.2, -0.15) is 0 Å². The van der Waals surface area contributed by atoms with Gasteiger partial charge in [0.2, 0.25) is 5.91 Å². The summed E-state index contributed by atoms with van der Waals surface area (Å²) in [6.07, 6.45) is 1.04. The van der Waals surface area contributed by atoms with Gasteiger partial charge in [-0.1, -0.05) is 6.92 Å². The molecule has 4 heteroatoms. The van der Waals surface area contributed by atoms with Crippen molar-refractivity contribution in [1.29, 1.82) is 0 Å². The molecule has 0 saturated heterocycles. The van der Waals surface area contributed by atoms with Crippen LogP contribution in [0.4, 0.5) is 0 Å². The van der Waals surface area contributed by atoms with Crippen molar-refractivity contribution in [1.82, 2.24) is 10.6 Å². The molecule has 0 aliphatic heterocycles. The standard InChI is InChI=1S/C12H20N2OS/c1-4-10(3)13-8-12(15)14-7-11-9(2)5-6-16-11/h5-6,10,13H,4,7-8H2,1-3H3,(H,14,15). The van der Waals surface area contributed by atoms with Crippen molar-refractivity contribution in [2.45, 2.75) is 39.8 Å². The van der Waals surface area contributed by atoms with Crippen LogP contribution in [-0.4, -0.2) is 18.5 Å². The van der Waals surface area contributed by atoms with E-state index in [0.717, 1.165) is 6.42 Å². The van der Waals surface area contributed by atoms with E-state index in [1.54, 1.807) is 11.3 Å². The van der Waals surface area contributed by atoms with Gasteiger partial charge in [0.15, 0.2) is 0 Å². The molecular weight excluding hydrogens is 220 g/mol. The number of amides is 1. The van der Waals surface area contributed by atoms with E-state index in [0.29, 0.717) is 19.1 Å². The number of nitrogens with one attached hydrogen (secondary N) is 2. The van der Waals surface area contributed by atoms with Crippen LogP contribution in [0.1, 0.15) is 30.7 Å². The number of hydrogen-bond donors (Lipinski definition) is 2. The minimum atomic E-state index is 0.0631. The lowest BCUT2D eigenvalue weighted by Crippen LogP contribution is -2.37. The van der Waals surface area contributed by atoms with Gasteiger partial charge in [-0.05, 0) is 37.3 Å². The number of hydrogen-bond acceptors (Lipinski definition) is 3. The third kappa shape index (κ3) is 4.33. The smallest absolute Gasteiger partial charge is 0.234 e. The second kappa shape index (κ2) is 6.66. The molecular formula is C12H20N2OS. The Bertz CT molecular complexity index is 336. The van der Waals surface area contributed by atoms with Gasteiger partial charge in [0.1, 0.15) is 0 Å². The van der Waals surface area contributed by atoms with E-state index in [1.807, 2.05) is 5.38 Å². The van der Waals surface area contributed by atoms with Crippen LogP contribution in [0.15, 0.2) is 11.4 Å². The number of carbonyl (C=O) groups is 1. The van der Waals surface area contributed by atoms with E-state index in [1.165, 1.54) is 10.4 Å². The highest BCUT2D eigenvalue weighted by Crippen LogP contribution is 2.14. The maximum atomic E-state index is 11.5. The summed E-state index contributed by atoms with van der Waals surface area (Å²) in [6, 6.07) is 2.47. The number of carbonyl (C=O) groups excluding carboxylic acids is 1. The first-order chi connectivity index (χ1) is 7.63. The molecule has 1 rings (SSSR count). The van der Waals surface area contributed by atoms with Crippen molar-refractivity contribution >= 4 is 17.2 Å². The molecule has 1 amide bonds. The minimum absolute atomic E-state index is 0.0631. The molecule has 0 aromatic carbocycles. The van der Waals surface area contributed by atoms with Gasteiger partial charge in [0.25, 0.3) is 0 Å². The van der Waals surface area contributed by atoms with Crippen molar-refractivity contribution in [2.75, 3.05) is 6.54 Å². The van der Waals surface area contributed by atoms with Crippen molar-refractivity contribution in [3.05, 3.63) is 21.9 Å². The Hall–Kier alpha value is -0.870. The van der Waals surface area contributed by atoms with Gasteiger partial charge in [-0.3, -0.25) is 4.79 Å². The van der Waals surface area contributed by atoms with Crippen LogP contribution >= 0.6 is 11.3 Å². The molecule has 0 aliphatic rings. The number of aryl methyl sites for hydroxylation is 1. The summed E-state index contributed by atoms with van der Waals surface area (Å²) in [6.45, 7) is 7.29. The Kier molecular flexibility index (Phi) is 5.49. The molecule has 0 fully saturated rings. The molecule has 2 N–H and O–H groups in total. The molecule has 0 bridgehead atoms. The third-order valence-corrected chi connectivity index (χ3v) is 3.66. The average Bonchev–Trinajstić information content (AvgIpc) is 2.69. The van der Waals surface area contributed by atoms with E-state index >= 15 is 0 Å². The molecule has 3 nitrogen and oxygen atoms in total. The second-order valence-corrected chi connectivity index (χ2v) is 4.99. The minimum Gasteiger partial charge on any atom is -0.350 e. The van der Waals surface area contributed by atoms with Crippen LogP contribution in [0.5, 0.6) is 0 Å². The monoisotopic (exact) mass is 240 g/mol. The summed E-state index contributed by atoms with van der Waals surface area (Å²) in [5.74, 6) is 0.0631. The number of thiophene rings is 1. The first-order valence-corrected chi connectivity index (χ1v) is 6.54. The molecule has 16 heavy (non-hydrogen) atoms. The third-order valence-electron chi connectivity index (χ3n) is 2.64.